The van der Waals surface area contributed by atoms with Crippen LogP contribution in [-0.4, -0.2) is 43.8 Å². The zero-order chi connectivity index (χ0) is 19.1. The van der Waals surface area contributed by atoms with E-state index in [0.717, 1.165) is 6.42 Å². The highest BCUT2D eigenvalue weighted by atomic mass is 32.2. The summed E-state index contributed by atoms with van der Waals surface area (Å²) in [5.41, 5.74) is -1.16. The monoisotopic (exact) mass is 380 g/mol. The van der Waals surface area contributed by atoms with Crippen molar-refractivity contribution in [3.05, 3.63) is 35.6 Å². The van der Waals surface area contributed by atoms with Crippen LogP contribution in [0.4, 0.5) is 9.18 Å². The molecule has 1 saturated carbocycles. The van der Waals surface area contributed by atoms with Crippen LogP contribution in [0.25, 0.3) is 0 Å². The van der Waals surface area contributed by atoms with Crippen LogP contribution in [0.1, 0.15) is 45.6 Å². The summed E-state index contributed by atoms with van der Waals surface area (Å²) in [6, 6.07) is 6.50. The summed E-state index contributed by atoms with van der Waals surface area (Å²) in [5.74, 6) is 0.353. The number of amidine groups is 1. The van der Waals surface area contributed by atoms with Crippen molar-refractivity contribution in [2.45, 2.75) is 57.2 Å². The van der Waals surface area contributed by atoms with Crippen molar-refractivity contribution in [1.29, 1.82) is 0 Å². The Morgan fingerprint density at radius 1 is 1.35 bits per heavy atom. The van der Waals surface area contributed by atoms with Crippen LogP contribution >= 0.6 is 11.8 Å². The van der Waals surface area contributed by atoms with Gasteiger partial charge in [-0.2, -0.15) is 0 Å². The van der Waals surface area contributed by atoms with Crippen LogP contribution in [0.5, 0.6) is 0 Å². The maximum atomic E-state index is 14.7. The van der Waals surface area contributed by atoms with Crippen molar-refractivity contribution in [2.75, 3.05) is 5.75 Å². The quantitative estimate of drug-likeness (QED) is 0.770. The number of halogens is 1. The zero-order valence-electron chi connectivity index (χ0n) is 15.3. The number of rotatable bonds is 1. The van der Waals surface area contributed by atoms with Gasteiger partial charge in [0.1, 0.15) is 5.82 Å². The summed E-state index contributed by atoms with van der Waals surface area (Å²) < 4.78 is 14.7. The Morgan fingerprint density at radius 2 is 2.04 bits per heavy atom. The maximum absolute atomic E-state index is 14.7. The molecular weight excluding hydrogens is 355 g/mol. The largest absolute Gasteiger partial charge is 0.465 e. The van der Waals surface area contributed by atoms with Crippen LogP contribution in [-0.2, 0) is 5.54 Å². The molecule has 142 valence electrons. The number of aliphatic hydroxyl groups excluding tert-OH is 1. The van der Waals surface area contributed by atoms with Gasteiger partial charge in [-0.15, -0.1) is 0 Å². The number of fused-ring (bicyclic) bond motifs is 1. The molecule has 0 radical (unpaired) electrons. The first-order valence-electron chi connectivity index (χ1n) is 8.84. The summed E-state index contributed by atoms with van der Waals surface area (Å²) >= 11 is 1.40. The number of aliphatic hydroxyl groups is 1. The van der Waals surface area contributed by atoms with Crippen molar-refractivity contribution in [2.24, 2.45) is 10.9 Å². The fourth-order valence-corrected chi connectivity index (χ4v) is 5.47. The second-order valence-electron chi connectivity index (χ2n) is 8.03. The molecule has 1 aliphatic heterocycles. The number of carboxylic acid groups (broad SMARTS) is 1. The average molecular weight is 380 g/mol. The first-order chi connectivity index (χ1) is 12.1. The molecule has 1 heterocycles. The smallest absolute Gasteiger partial charge is 0.413 e. The normalized spacial score (nSPS) is 28.9. The van der Waals surface area contributed by atoms with Gasteiger partial charge in [0.2, 0.25) is 0 Å². The zero-order valence-corrected chi connectivity index (χ0v) is 16.1. The van der Waals surface area contributed by atoms with Gasteiger partial charge in [-0.1, -0.05) is 30.0 Å². The maximum Gasteiger partial charge on any atom is 0.413 e. The van der Waals surface area contributed by atoms with E-state index in [4.69, 9.17) is 4.99 Å². The predicted octanol–water partition coefficient (Wildman–Crippen LogP) is 4.06. The fraction of sp³-hybridized carbons (Fsp3) is 0.579. The van der Waals surface area contributed by atoms with E-state index in [9.17, 15) is 19.4 Å². The second-order valence-corrected chi connectivity index (χ2v) is 9.02. The van der Waals surface area contributed by atoms with Gasteiger partial charge in [-0.3, -0.25) is 4.90 Å². The molecule has 0 aromatic heterocycles. The van der Waals surface area contributed by atoms with E-state index in [2.05, 4.69) is 0 Å². The lowest BCUT2D eigenvalue weighted by molar-refractivity contribution is 0.0549. The molecule has 0 spiro atoms. The van der Waals surface area contributed by atoms with Gasteiger partial charge >= 0.3 is 6.09 Å². The molecule has 0 bridgehead atoms. The molecule has 3 unspecified atom stereocenters. The summed E-state index contributed by atoms with van der Waals surface area (Å²) in [7, 11) is 0. The Labute approximate surface area is 157 Å². The first kappa shape index (κ1) is 19.2. The molecule has 5 nitrogen and oxygen atoms in total. The third-order valence-corrected chi connectivity index (χ3v) is 6.27. The Hall–Kier alpha value is -1.60. The second kappa shape index (κ2) is 6.85. The molecule has 1 fully saturated rings. The molecule has 26 heavy (non-hydrogen) atoms. The SMILES string of the molecule is CC(C)(C)N(C(=O)O)C1=NC2(c3ccccc3F)CC(O)CCC2CS1. The van der Waals surface area contributed by atoms with Crippen molar-refractivity contribution in [1.82, 2.24) is 4.90 Å². The number of thioether (sulfide) groups is 1. The molecule has 1 aromatic carbocycles. The topological polar surface area (TPSA) is 73.1 Å². The number of hydrogen-bond acceptors (Lipinski definition) is 4. The number of nitrogens with zero attached hydrogens (tertiary/aromatic N) is 2. The number of hydrogen-bond donors (Lipinski definition) is 2. The number of amides is 1. The van der Waals surface area contributed by atoms with Crippen LogP contribution in [0, 0.1) is 11.7 Å². The average Bonchev–Trinajstić information content (AvgIpc) is 2.53. The molecule has 2 N–H and O–H groups in total. The highest BCUT2D eigenvalue weighted by Crippen LogP contribution is 2.50. The van der Waals surface area contributed by atoms with Crippen molar-refractivity contribution >= 4 is 23.0 Å². The van der Waals surface area contributed by atoms with Crippen LogP contribution < -0.4 is 0 Å². The molecule has 1 aromatic rings. The van der Waals surface area contributed by atoms with Crippen molar-refractivity contribution in [3.63, 3.8) is 0 Å². The predicted molar refractivity (Wildman–Crippen MR) is 101 cm³/mol. The first-order valence-corrected chi connectivity index (χ1v) is 9.82. The third kappa shape index (κ3) is 3.34. The van der Waals surface area contributed by atoms with E-state index >= 15 is 0 Å². The fourth-order valence-electron chi connectivity index (χ4n) is 3.97. The van der Waals surface area contributed by atoms with Gasteiger partial charge in [-0.25, -0.2) is 14.2 Å². The van der Waals surface area contributed by atoms with Crippen LogP contribution in [0.3, 0.4) is 0 Å². The van der Waals surface area contributed by atoms with Crippen molar-refractivity contribution < 1.29 is 19.4 Å². The lowest BCUT2D eigenvalue weighted by atomic mass is 9.68. The van der Waals surface area contributed by atoms with Gasteiger partial charge in [0.05, 0.1) is 11.6 Å². The number of carbonyl (C=O) groups is 1. The van der Waals surface area contributed by atoms with Gasteiger partial charge < -0.3 is 10.2 Å². The van der Waals surface area contributed by atoms with Gasteiger partial charge in [0.25, 0.3) is 0 Å². The minimum Gasteiger partial charge on any atom is -0.465 e. The minimum absolute atomic E-state index is 0.0622. The third-order valence-electron chi connectivity index (χ3n) is 5.17. The molecular formula is C19H25FN2O3S. The van der Waals surface area contributed by atoms with E-state index in [1.807, 2.05) is 20.8 Å². The van der Waals surface area contributed by atoms with Gasteiger partial charge in [0.15, 0.2) is 5.17 Å². The lowest BCUT2D eigenvalue weighted by Crippen LogP contribution is -2.53. The van der Waals surface area contributed by atoms with E-state index < -0.39 is 23.3 Å². The number of aliphatic imine (C=N–C) groups is 1. The molecule has 7 heteroatoms. The van der Waals surface area contributed by atoms with Crippen molar-refractivity contribution in [3.8, 4) is 0 Å². The summed E-state index contributed by atoms with van der Waals surface area (Å²) in [6.07, 6.45) is 0.0465. The molecule has 3 atom stereocenters. The van der Waals surface area contributed by atoms with E-state index in [1.54, 1.807) is 18.2 Å². The van der Waals surface area contributed by atoms with E-state index in [0.29, 0.717) is 29.3 Å². The Kier molecular flexibility index (Phi) is 5.05. The van der Waals surface area contributed by atoms with Crippen LogP contribution in [0.15, 0.2) is 29.3 Å². The summed E-state index contributed by atoms with van der Waals surface area (Å²) in [6.45, 7) is 5.42. The van der Waals surface area contributed by atoms with E-state index in [-0.39, 0.29) is 11.7 Å². The van der Waals surface area contributed by atoms with Crippen LogP contribution in [0.2, 0.25) is 0 Å². The number of benzene rings is 1. The van der Waals surface area contributed by atoms with Gasteiger partial charge in [-0.05, 0) is 45.6 Å². The Bertz CT molecular complexity index is 734. The molecule has 1 aliphatic carbocycles. The minimum atomic E-state index is -1.08. The highest BCUT2D eigenvalue weighted by molar-refractivity contribution is 8.13. The lowest BCUT2D eigenvalue weighted by Gasteiger charge is -2.48. The molecule has 2 aliphatic rings. The summed E-state index contributed by atoms with van der Waals surface area (Å²) in [4.78, 5) is 18.0. The highest BCUT2D eigenvalue weighted by Gasteiger charge is 2.50. The molecule has 3 rings (SSSR count). The Balaban J connectivity index is 2.17. The molecule has 0 saturated heterocycles. The summed E-state index contributed by atoms with van der Waals surface area (Å²) in [5, 5.41) is 20.4. The Morgan fingerprint density at radius 3 is 2.65 bits per heavy atom. The molecule has 1 amide bonds. The van der Waals surface area contributed by atoms with Gasteiger partial charge in [0, 0.05) is 23.3 Å². The standard InChI is InChI=1S/C19H25FN2O3S/c1-18(2,3)22(17(24)25)16-21-19(14-6-4-5-7-15(14)20)10-13(23)9-8-12(19)11-26-16/h4-7,12-13,23H,8-11H2,1-3H3,(H,24,25). The van der Waals surface area contributed by atoms with E-state index in [1.165, 1.54) is 22.7 Å².